The molecule has 0 amide bonds. The molecule has 2 N–H and O–H groups in total. The van der Waals surface area contributed by atoms with E-state index in [1.165, 1.54) is 45.1 Å². The van der Waals surface area contributed by atoms with Crippen molar-refractivity contribution in [1.29, 1.82) is 0 Å². The van der Waals surface area contributed by atoms with Gasteiger partial charge >= 0.3 is 0 Å². The summed E-state index contributed by atoms with van der Waals surface area (Å²) in [4.78, 5) is 0. The molecular formula is C15H30N2. The van der Waals surface area contributed by atoms with Gasteiger partial charge in [0.2, 0.25) is 0 Å². The molecule has 1 aliphatic heterocycles. The molecule has 2 nitrogen and oxygen atoms in total. The molecule has 17 heavy (non-hydrogen) atoms. The number of hydrogen-bond acceptors (Lipinski definition) is 2. The van der Waals surface area contributed by atoms with Gasteiger partial charge in [-0.1, -0.05) is 12.8 Å². The van der Waals surface area contributed by atoms with Crippen molar-refractivity contribution in [2.45, 2.75) is 83.3 Å². The van der Waals surface area contributed by atoms with Gasteiger partial charge in [0.1, 0.15) is 0 Å². The molecule has 0 aromatic carbocycles. The lowest BCUT2D eigenvalue weighted by Crippen LogP contribution is -2.61. The zero-order valence-electron chi connectivity index (χ0n) is 12.1. The average molecular weight is 238 g/mol. The lowest BCUT2D eigenvalue weighted by molar-refractivity contribution is 0.143. The minimum Gasteiger partial charge on any atom is -0.314 e. The third kappa shape index (κ3) is 3.96. The van der Waals surface area contributed by atoms with E-state index in [1.807, 2.05) is 0 Å². The van der Waals surface area contributed by atoms with E-state index < -0.39 is 0 Å². The number of hydrogen-bond donors (Lipinski definition) is 2. The van der Waals surface area contributed by atoms with E-state index in [0.29, 0.717) is 6.04 Å². The molecule has 100 valence electrons. The third-order valence-electron chi connectivity index (χ3n) is 4.36. The molecule has 1 saturated heterocycles. The highest BCUT2D eigenvalue weighted by atomic mass is 15.1. The Bertz CT molecular complexity index is 236. The van der Waals surface area contributed by atoms with Crippen LogP contribution in [0.15, 0.2) is 0 Å². The lowest BCUT2D eigenvalue weighted by Gasteiger charge is -2.47. The summed E-state index contributed by atoms with van der Waals surface area (Å²) in [6.45, 7) is 10.6. The fraction of sp³-hybridized carbons (Fsp3) is 1.00. The molecule has 0 aromatic rings. The quantitative estimate of drug-likeness (QED) is 0.789. The normalized spacial score (nSPS) is 29.6. The van der Waals surface area contributed by atoms with E-state index in [2.05, 4.69) is 38.3 Å². The molecule has 0 aromatic heterocycles. The summed E-state index contributed by atoms with van der Waals surface area (Å²) in [7, 11) is 0. The van der Waals surface area contributed by atoms with Gasteiger partial charge in [0.05, 0.1) is 0 Å². The van der Waals surface area contributed by atoms with Crippen molar-refractivity contribution < 1.29 is 0 Å². The maximum absolute atomic E-state index is 3.83. The number of rotatable bonds is 3. The highest BCUT2D eigenvalue weighted by Gasteiger charge is 2.37. The molecule has 2 aliphatic rings. The molecule has 0 radical (unpaired) electrons. The maximum Gasteiger partial charge on any atom is 0.0144 e. The van der Waals surface area contributed by atoms with Crippen molar-refractivity contribution in [2.75, 3.05) is 6.54 Å². The van der Waals surface area contributed by atoms with E-state index in [4.69, 9.17) is 0 Å². The zero-order chi connectivity index (χ0) is 12.5. The first-order valence-corrected chi connectivity index (χ1v) is 7.39. The highest BCUT2D eigenvalue weighted by molar-refractivity contribution is 4.99. The summed E-state index contributed by atoms with van der Waals surface area (Å²) in [5.74, 6) is 0.955. The van der Waals surface area contributed by atoms with Crippen molar-refractivity contribution in [3.05, 3.63) is 0 Å². The molecule has 0 atom stereocenters. The molecule has 1 saturated carbocycles. The Balaban J connectivity index is 1.83. The smallest absolute Gasteiger partial charge is 0.0144 e. The van der Waals surface area contributed by atoms with Crippen LogP contribution in [0.25, 0.3) is 0 Å². The Morgan fingerprint density at radius 1 is 1.00 bits per heavy atom. The Hall–Kier alpha value is -0.0800. The van der Waals surface area contributed by atoms with Gasteiger partial charge < -0.3 is 10.6 Å². The fourth-order valence-electron chi connectivity index (χ4n) is 4.01. The second-order valence-corrected chi connectivity index (χ2v) is 7.56. The van der Waals surface area contributed by atoms with Crippen molar-refractivity contribution in [3.8, 4) is 0 Å². The second kappa shape index (κ2) is 4.89. The summed E-state index contributed by atoms with van der Waals surface area (Å²) in [5.41, 5.74) is 0.546. The van der Waals surface area contributed by atoms with Crippen LogP contribution in [0.1, 0.15) is 66.2 Å². The van der Waals surface area contributed by atoms with E-state index in [1.54, 1.807) is 0 Å². The molecular weight excluding hydrogens is 208 g/mol. The standard InChI is InChI=1S/C15H30N2/c1-14(2)9-13(10-15(3,4)17-14)16-11-12-7-5-6-8-12/h12-13,16-17H,5-11H2,1-4H3. The molecule has 2 fully saturated rings. The van der Waals surface area contributed by atoms with Crippen LogP contribution in [-0.2, 0) is 0 Å². The Morgan fingerprint density at radius 2 is 1.53 bits per heavy atom. The van der Waals surface area contributed by atoms with Crippen LogP contribution in [0.5, 0.6) is 0 Å². The SMILES string of the molecule is CC1(C)CC(NCC2CCCC2)CC(C)(C)N1. The maximum atomic E-state index is 3.83. The topological polar surface area (TPSA) is 24.1 Å². The van der Waals surface area contributed by atoms with Gasteiger partial charge in [0.15, 0.2) is 0 Å². The summed E-state index contributed by atoms with van der Waals surface area (Å²) in [5, 5.41) is 7.58. The van der Waals surface area contributed by atoms with Gasteiger partial charge in [-0.25, -0.2) is 0 Å². The monoisotopic (exact) mass is 238 g/mol. The second-order valence-electron chi connectivity index (χ2n) is 7.56. The Morgan fingerprint density at radius 3 is 2.06 bits per heavy atom. The van der Waals surface area contributed by atoms with E-state index in [0.717, 1.165) is 5.92 Å². The van der Waals surface area contributed by atoms with Crippen LogP contribution < -0.4 is 10.6 Å². The molecule has 2 heteroatoms. The summed E-state index contributed by atoms with van der Waals surface area (Å²) >= 11 is 0. The van der Waals surface area contributed by atoms with Crippen LogP contribution in [0.4, 0.5) is 0 Å². The minimum absolute atomic E-state index is 0.273. The fourth-order valence-corrected chi connectivity index (χ4v) is 4.01. The summed E-state index contributed by atoms with van der Waals surface area (Å²) in [6.07, 6.45) is 8.31. The minimum atomic E-state index is 0.273. The van der Waals surface area contributed by atoms with Crippen LogP contribution >= 0.6 is 0 Å². The van der Waals surface area contributed by atoms with Gasteiger partial charge in [0, 0.05) is 17.1 Å². The van der Waals surface area contributed by atoms with Crippen LogP contribution in [-0.4, -0.2) is 23.7 Å². The molecule has 1 aliphatic carbocycles. The first-order chi connectivity index (χ1) is 7.86. The number of piperidine rings is 1. The molecule has 2 rings (SSSR count). The largest absolute Gasteiger partial charge is 0.314 e. The van der Waals surface area contributed by atoms with E-state index in [-0.39, 0.29) is 11.1 Å². The van der Waals surface area contributed by atoms with Gasteiger partial charge in [-0.3, -0.25) is 0 Å². The Labute approximate surface area is 107 Å². The predicted octanol–water partition coefficient (Wildman–Crippen LogP) is 3.08. The van der Waals surface area contributed by atoms with Gasteiger partial charge in [-0.2, -0.15) is 0 Å². The molecule has 0 bridgehead atoms. The van der Waals surface area contributed by atoms with Crippen molar-refractivity contribution >= 4 is 0 Å². The average Bonchev–Trinajstić information content (AvgIpc) is 2.61. The summed E-state index contributed by atoms with van der Waals surface area (Å²) in [6, 6.07) is 0.696. The first kappa shape index (κ1) is 13.4. The zero-order valence-corrected chi connectivity index (χ0v) is 12.1. The predicted molar refractivity (Wildman–Crippen MR) is 74.3 cm³/mol. The Kier molecular flexibility index (Phi) is 3.84. The van der Waals surface area contributed by atoms with E-state index in [9.17, 15) is 0 Å². The lowest BCUT2D eigenvalue weighted by atomic mass is 9.79. The molecule has 0 unspecified atom stereocenters. The van der Waals surface area contributed by atoms with Crippen LogP contribution in [0.2, 0.25) is 0 Å². The number of nitrogens with one attached hydrogen (secondary N) is 2. The third-order valence-corrected chi connectivity index (χ3v) is 4.36. The van der Waals surface area contributed by atoms with Crippen molar-refractivity contribution in [2.24, 2.45) is 5.92 Å². The summed E-state index contributed by atoms with van der Waals surface area (Å²) < 4.78 is 0. The van der Waals surface area contributed by atoms with Gasteiger partial charge in [-0.05, 0) is 65.8 Å². The van der Waals surface area contributed by atoms with Crippen molar-refractivity contribution in [1.82, 2.24) is 10.6 Å². The van der Waals surface area contributed by atoms with Crippen molar-refractivity contribution in [3.63, 3.8) is 0 Å². The molecule has 1 heterocycles. The van der Waals surface area contributed by atoms with Crippen LogP contribution in [0, 0.1) is 5.92 Å². The van der Waals surface area contributed by atoms with Gasteiger partial charge in [0.25, 0.3) is 0 Å². The first-order valence-electron chi connectivity index (χ1n) is 7.39. The van der Waals surface area contributed by atoms with Gasteiger partial charge in [-0.15, -0.1) is 0 Å². The highest BCUT2D eigenvalue weighted by Crippen LogP contribution is 2.29. The van der Waals surface area contributed by atoms with E-state index >= 15 is 0 Å². The molecule has 0 spiro atoms. The van der Waals surface area contributed by atoms with Crippen LogP contribution in [0.3, 0.4) is 0 Å².